The van der Waals surface area contributed by atoms with E-state index < -0.39 is 5.41 Å². The van der Waals surface area contributed by atoms with Gasteiger partial charge in [0.2, 0.25) is 5.91 Å². The summed E-state index contributed by atoms with van der Waals surface area (Å²) < 4.78 is 0. The number of benzene rings is 1. The summed E-state index contributed by atoms with van der Waals surface area (Å²) >= 11 is 0. The van der Waals surface area contributed by atoms with Crippen LogP contribution in [0.5, 0.6) is 0 Å². The van der Waals surface area contributed by atoms with Crippen LogP contribution >= 0.6 is 0 Å². The predicted octanol–water partition coefficient (Wildman–Crippen LogP) is 2.60. The number of rotatable bonds is 1. The summed E-state index contributed by atoms with van der Waals surface area (Å²) in [6.07, 6.45) is 0. The van der Waals surface area contributed by atoms with Crippen LogP contribution in [0.4, 0.5) is 5.69 Å². The van der Waals surface area contributed by atoms with Gasteiger partial charge < -0.3 is 10.3 Å². The van der Waals surface area contributed by atoms with E-state index >= 15 is 0 Å². The molecule has 0 aliphatic carbocycles. The molecule has 1 aromatic heterocycles. The molecule has 4 heteroatoms. The van der Waals surface area contributed by atoms with Crippen LogP contribution < -0.4 is 5.32 Å². The maximum Gasteiger partial charge on any atom is 0.234 e. The van der Waals surface area contributed by atoms with Gasteiger partial charge in [-0.05, 0) is 37.6 Å². The Bertz CT molecular complexity index is 695. The summed E-state index contributed by atoms with van der Waals surface area (Å²) in [4.78, 5) is 26.3. The zero-order valence-electron chi connectivity index (χ0n) is 10.5. The average Bonchev–Trinajstić information content (AvgIpc) is 2.78. The van der Waals surface area contributed by atoms with Crippen molar-refractivity contribution in [1.82, 2.24) is 4.98 Å². The van der Waals surface area contributed by atoms with Gasteiger partial charge in [0.1, 0.15) is 0 Å². The number of carbonyl (C=O) groups is 2. The van der Waals surface area contributed by atoms with Gasteiger partial charge in [-0.2, -0.15) is 0 Å². The van der Waals surface area contributed by atoms with Crippen molar-refractivity contribution < 1.29 is 9.59 Å². The second-order valence-corrected chi connectivity index (χ2v) is 5.30. The topological polar surface area (TPSA) is 62.0 Å². The molecule has 0 unspecified atom stereocenters. The Morgan fingerprint density at radius 1 is 1.22 bits per heavy atom. The minimum atomic E-state index is -0.517. The SMILES string of the molecule is CC(=O)c1cc2cc3c(cc2[nH]1)NC(=O)C3(C)C. The predicted molar refractivity (Wildman–Crippen MR) is 70.0 cm³/mol. The molecule has 92 valence electrons. The lowest BCUT2D eigenvalue weighted by molar-refractivity contribution is -0.119. The minimum Gasteiger partial charge on any atom is -0.352 e. The van der Waals surface area contributed by atoms with Crippen molar-refractivity contribution in [1.29, 1.82) is 0 Å². The first kappa shape index (κ1) is 11.0. The third-order valence-corrected chi connectivity index (χ3v) is 3.63. The number of hydrogen-bond donors (Lipinski definition) is 2. The van der Waals surface area contributed by atoms with Crippen molar-refractivity contribution >= 4 is 28.3 Å². The maximum absolute atomic E-state index is 11.9. The molecule has 0 radical (unpaired) electrons. The van der Waals surface area contributed by atoms with Crippen LogP contribution in [0, 0.1) is 0 Å². The Labute approximate surface area is 104 Å². The van der Waals surface area contributed by atoms with Gasteiger partial charge in [-0.3, -0.25) is 9.59 Å². The molecule has 0 atom stereocenters. The van der Waals surface area contributed by atoms with Gasteiger partial charge in [0.15, 0.2) is 5.78 Å². The van der Waals surface area contributed by atoms with E-state index in [1.165, 1.54) is 6.92 Å². The zero-order chi connectivity index (χ0) is 13.1. The smallest absolute Gasteiger partial charge is 0.234 e. The van der Waals surface area contributed by atoms with E-state index in [0.29, 0.717) is 5.69 Å². The molecule has 0 bridgehead atoms. The summed E-state index contributed by atoms with van der Waals surface area (Å²) in [5, 5.41) is 3.84. The Balaban J connectivity index is 2.26. The lowest BCUT2D eigenvalue weighted by Gasteiger charge is -2.14. The summed E-state index contributed by atoms with van der Waals surface area (Å²) in [7, 11) is 0. The molecule has 4 nitrogen and oxygen atoms in total. The third-order valence-electron chi connectivity index (χ3n) is 3.63. The molecule has 2 aromatic rings. The highest BCUT2D eigenvalue weighted by Gasteiger charge is 2.38. The van der Waals surface area contributed by atoms with Gasteiger partial charge >= 0.3 is 0 Å². The van der Waals surface area contributed by atoms with Gasteiger partial charge in [0.25, 0.3) is 0 Å². The van der Waals surface area contributed by atoms with Crippen molar-refractivity contribution in [3.05, 3.63) is 29.5 Å². The van der Waals surface area contributed by atoms with E-state index in [9.17, 15) is 9.59 Å². The first-order chi connectivity index (χ1) is 8.39. The molecule has 2 heterocycles. The second-order valence-electron chi connectivity index (χ2n) is 5.30. The van der Waals surface area contributed by atoms with Crippen LogP contribution in [-0.4, -0.2) is 16.7 Å². The molecule has 2 N–H and O–H groups in total. The van der Waals surface area contributed by atoms with Crippen LogP contribution in [0.15, 0.2) is 18.2 Å². The van der Waals surface area contributed by atoms with E-state index in [1.807, 2.05) is 32.0 Å². The summed E-state index contributed by atoms with van der Waals surface area (Å²) in [5.74, 6) is 0.0200. The number of carbonyl (C=O) groups excluding carboxylic acids is 2. The van der Waals surface area contributed by atoms with Gasteiger partial charge in [-0.15, -0.1) is 0 Å². The normalized spacial score (nSPS) is 16.7. The first-order valence-corrected chi connectivity index (χ1v) is 5.89. The molecule has 1 aromatic carbocycles. The number of amides is 1. The Kier molecular flexibility index (Phi) is 1.97. The molecule has 3 rings (SSSR count). The number of H-pyrrole nitrogens is 1. The number of hydrogen-bond acceptors (Lipinski definition) is 2. The van der Waals surface area contributed by atoms with Crippen LogP contribution in [-0.2, 0) is 10.2 Å². The lowest BCUT2D eigenvalue weighted by Crippen LogP contribution is -2.26. The molecule has 18 heavy (non-hydrogen) atoms. The highest BCUT2D eigenvalue weighted by Crippen LogP contribution is 2.39. The van der Waals surface area contributed by atoms with Gasteiger partial charge in [-0.1, -0.05) is 0 Å². The van der Waals surface area contributed by atoms with Gasteiger partial charge in [-0.25, -0.2) is 0 Å². The highest BCUT2D eigenvalue weighted by atomic mass is 16.2. The highest BCUT2D eigenvalue weighted by molar-refractivity contribution is 6.08. The average molecular weight is 242 g/mol. The molecule has 0 spiro atoms. The lowest BCUT2D eigenvalue weighted by atomic mass is 9.86. The van der Waals surface area contributed by atoms with Crippen molar-refractivity contribution in [2.75, 3.05) is 5.32 Å². The van der Waals surface area contributed by atoms with E-state index in [1.54, 1.807) is 0 Å². The van der Waals surface area contributed by atoms with Gasteiger partial charge in [0, 0.05) is 23.5 Å². The standard InChI is InChI=1S/C14H14N2O2/c1-7(17)10-5-8-4-9-12(6-11(8)15-10)16-13(18)14(9,2)3/h4-6,15H,1-3H3,(H,16,18). The fourth-order valence-corrected chi connectivity index (χ4v) is 2.39. The fraction of sp³-hybridized carbons (Fsp3) is 0.286. The fourth-order valence-electron chi connectivity index (χ4n) is 2.39. The second kappa shape index (κ2) is 3.22. The largest absolute Gasteiger partial charge is 0.352 e. The number of ketones is 1. The number of aromatic nitrogens is 1. The molecule has 1 amide bonds. The Morgan fingerprint density at radius 3 is 2.61 bits per heavy atom. The molecule has 1 aliphatic rings. The number of nitrogens with one attached hydrogen (secondary N) is 2. The molecule has 0 saturated heterocycles. The third kappa shape index (κ3) is 1.32. The molecule has 1 aliphatic heterocycles. The molecule has 0 saturated carbocycles. The summed E-state index contributed by atoms with van der Waals surface area (Å²) in [6.45, 7) is 5.33. The molecule has 0 fully saturated rings. The summed E-state index contributed by atoms with van der Waals surface area (Å²) in [6, 6.07) is 5.70. The van der Waals surface area contributed by atoms with E-state index in [0.717, 1.165) is 22.2 Å². The van der Waals surface area contributed by atoms with Crippen LogP contribution in [0.3, 0.4) is 0 Å². The number of Topliss-reactive ketones (excluding diaryl/α,β-unsaturated/α-hetero) is 1. The van der Waals surface area contributed by atoms with Crippen molar-refractivity contribution in [2.45, 2.75) is 26.2 Å². The quantitative estimate of drug-likeness (QED) is 0.755. The van der Waals surface area contributed by atoms with E-state index in [-0.39, 0.29) is 11.7 Å². The number of aromatic amines is 1. The maximum atomic E-state index is 11.9. The van der Waals surface area contributed by atoms with Crippen molar-refractivity contribution in [3.8, 4) is 0 Å². The van der Waals surface area contributed by atoms with E-state index in [4.69, 9.17) is 0 Å². The Morgan fingerprint density at radius 2 is 1.94 bits per heavy atom. The number of anilines is 1. The van der Waals surface area contributed by atoms with Crippen LogP contribution in [0.25, 0.3) is 10.9 Å². The van der Waals surface area contributed by atoms with Crippen LogP contribution in [0.1, 0.15) is 36.8 Å². The summed E-state index contributed by atoms with van der Waals surface area (Å²) in [5.41, 5.74) is 2.76. The molecular formula is C14H14N2O2. The van der Waals surface area contributed by atoms with Crippen molar-refractivity contribution in [3.63, 3.8) is 0 Å². The van der Waals surface area contributed by atoms with Crippen molar-refractivity contribution in [2.24, 2.45) is 0 Å². The zero-order valence-corrected chi connectivity index (χ0v) is 10.5. The number of fused-ring (bicyclic) bond motifs is 2. The monoisotopic (exact) mass is 242 g/mol. The van der Waals surface area contributed by atoms with Gasteiger partial charge in [0.05, 0.1) is 11.1 Å². The molecular weight excluding hydrogens is 228 g/mol. The van der Waals surface area contributed by atoms with E-state index in [2.05, 4.69) is 10.3 Å². The van der Waals surface area contributed by atoms with Crippen LogP contribution in [0.2, 0.25) is 0 Å². The Hall–Kier alpha value is -2.10. The minimum absolute atomic E-state index is 0.00894. The first-order valence-electron chi connectivity index (χ1n) is 5.89.